The van der Waals surface area contributed by atoms with Gasteiger partial charge in [-0.15, -0.1) is 0 Å². The SMILES string of the molecule is O=C(Nc1cccc(/C=C(\Cl)c2nc3cc(Cl)ccc3c(=O)[nH]2)c1)c1ccc(Cl)cc1. The normalized spacial score (nSPS) is 11.5. The van der Waals surface area contributed by atoms with Crippen molar-refractivity contribution in [1.82, 2.24) is 9.97 Å². The minimum atomic E-state index is -0.313. The Kier molecular flexibility index (Phi) is 6.09. The number of carbonyl (C=O) groups excluding carboxylic acids is 1. The number of amides is 1. The zero-order valence-electron chi connectivity index (χ0n) is 15.8. The first-order chi connectivity index (χ1) is 14.9. The number of hydrogen-bond acceptors (Lipinski definition) is 3. The summed E-state index contributed by atoms with van der Waals surface area (Å²) >= 11 is 18.3. The fraction of sp³-hybridized carbons (Fsp3) is 0. The quantitative estimate of drug-likeness (QED) is 0.372. The molecule has 0 saturated carbocycles. The third kappa shape index (κ3) is 4.97. The molecule has 154 valence electrons. The van der Waals surface area contributed by atoms with Crippen molar-refractivity contribution in [3.8, 4) is 0 Å². The van der Waals surface area contributed by atoms with Crippen molar-refractivity contribution in [2.75, 3.05) is 5.32 Å². The molecule has 0 radical (unpaired) electrons. The molecule has 0 atom stereocenters. The summed E-state index contributed by atoms with van der Waals surface area (Å²) < 4.78 is 0. The average molecular weight is 471 g/mol. The van der Waals surface area contributed by atoms with Gasteiger partial charge in [-0.05, 0) is 66.2 Å². The third-order valence-electron chi connectivity index (χ3n) is 4.44. The average Bonchev–Trinajstić information content (AvgIpc) is 2.74. The molecule has 0 bridgehead atoms. The molecule has 31 heavy (non-hydrogen) atoms. The smallest absolute Gasteiger partial charge is 0.259 e. The molecular weight excluding hydrogens is 457 g/mol. The second-order valence-corrected chi connectivity index (χ2v) is 7.93. The van der Waals surface area contributed by atoms with E-state index in [-0.39, 0.29) is 22.3 Å². The predicted octanol–water partition coefficient (Wildman–Crippen LogP) is 6.22. The van der Waals surface area contributed by atoms with Crippen molar-refractivity contribution in [2.24, 2.45) is 0 Å². The molecule has 0 spiro atoms. The minimum Gasteiger partial charge on any atom is -0.322 e. The van der Waals surface area contributed by atoms with Crippen LogP contribution >= 0.6 is 34.8 Å². The lowest BCUT2D eigenvalue weighted by Crippen LogP contribution is -2.11. The highest BCUT2D eigenvalue weighted by Gasteiger charge is 2.09. The van der Waals surface area contributed by atoms with Gasteiger partial charge in [0.15, 0.2) is 5.82 Å². The predicted molar refractivity (Wildman–Crippen MR) is 127 cm³/mol. The van der Waals surface area contributed by atoms with Gasteiger partial charge in [0.25, 0.3) is 11.5 Å². The maximum Gasteiger partial charge on any atom is 0.259 e. The van der Waals surface area contributed by atoms with Crippen molar-refractivity contribution in [1.29, 1.82) is 0 Å². The monoisotopic (exact) mass is 469 g/mol. The molecule has 3 aromatic carbocycles. The molecular formula is C23H14Cl3N3O2. The number of halogens is 3. The number of benzene rings is 3. The third-order valence-corrected chi connectivity index (χ3v) is 5.21. The molecule has 4 aromatic rings. The highest BCUT2D eigenvalue weighted by atomic mass is 35.5. The van der Waals surface area contributed by atoms with Gasteiger partial charge in [0.05, 0.1) is 15.9 Å². The fourth-order valence-electron chi connectivity index (χ4n) is 2.95. The Bertz CT molecular complexity index is 1380. The highest BCUT2D eigenvalue weighted by Crippen LogP contribution is 2.23. The topological polar surface area (TPSA) is 74.8 Å². The van der Waals surface area contributed by atoms with E-state index in [1.807, 2.05) is 6.07 Å². The van der Waals surface area contributed by atoms with Crippen molar-refractivity contribution in [2.45, 2.75) is 0 Å². The second kappa shape index (κ2) is 8.94. The second-order valence-electron chi connectivity index (χ2n) is 6.65. The number of hydrogen-bond donors (Lipinski definition) is 2. The number of nitrogens with zero attached hydrogens (tertiary/aromatic N) is 1. The molecule has 4 rings (SSSR count). The van der Waals surface area contributed by atoms with Crippen LogP contribution in [0.4, 0.5) is 5.69 Å². The van der Waals surface area contributed by atoms with Gasteiger partial charge in [-0.1, -0.05) is 46.9 Å². The van der Waals surface area contributed by atoms with Gasteiger partial charge in [-0.25, -0.2) is 4.98 Å². The maximum absolute atomic E-state index is 12.4. The minimum absolute atomic E-state index is 0.219. The summed E-state index contributed by atoms with van der Waals surface area (Å²) in [4.78, 5) is 31.8. The van der Waals surface area contributed by atoms with Gasteiger partial charge in [0.2, 0.25) is 0 Å². The van der Waals surface area contributed by atoms with Gasteiger partial charge in [-0.2, -0.15) is 0 Å². The van der Waals surface area contributed by atoms with Crippen LogP contribution in [-0.2, 0) is 0 Å². The summed E-state index contributed by atoms with van der Waals surface area (Å²) in [7, 11) is 0. The number of aromatic nitrogens is 2. The molecule has 2 N–H and O–H groups in total. The van der Waals surface area contributed by atoms with Crippen LogP contribution in [0, 0.1) is 0 Å². The molecule has 8 heteroatoms. The van der Waals surface area contributed by atoms with Crippen molar-refractivity contribution in [3.05, 3.63) is 104 Å². The standard InChI is InChI=1S/C23H14Cl3N3O2/c24-15-6-4-14(5-7-15)22(30)27-17-3-1-2-13(10-17)11-19(26)21-28-20-12-16(25)8-9-18(20)23(31)29-21/h1-12H,(H,27,30)(H,28,29,31)/b19-11-. The van der Waals surface area contributed by atoms with E-state index < -0.39 is 0 Å². The summed E-state index contributed by atoms with van der Waals surface area (Å²) in [6.07, 6.45) is 1.65. The Morgan fingerprint density at radius 2 is 1.71 bits per heavy atom. The molecule has 0 unspecified atom stereocenters. The lowest BCUT2D eigenvalue weighted by Gasteiger charge is -2.07. The summed E-state index contributed by atoms with van der Waals surface area (Å²) in [6.45, 7) is 0. The number of carbonyl (C=O) groups is 1. The van der Waals surface area contributed by atoms with Crippen LogP contribution in [0.1, 0.15) is 21.7 Å². The van der Waals surface area contributed by atoms with Gasteiger partial charge in [-0.3, -0.25) is 9.59 Å². The van der Waals surface area contributed by atoms with E-state index in [1.165, 1.54) is 0 Å². The molecule has 0 fully saturated rings. The van der Waals surface area contributed by atoms with Gasteiger partial charge >= 0.3 is 0 Å². The van der Waals surface area contributed by atoms with E-state index in [0.717, 1.165) is 0 Å². The number of fused-ring (bicyclic) bond motifs is 1. The van der Waals surface area contributed by atoms with E-state index in [4.69, 9.17) is 34.8 Å². The summed E-state index contributed by atoms with van der Waals surface area (Å²) in [5.41, 5.74) is 1.92. The number of H-pyrrole nitrogens is 1. The fourth-order valence-corrected chi connectivity index (χ4v) is 3.46. The number of anilines is 1. The van der Waals surface area contributed by atoms with E-state index in [9.17, 15) is 9.59 Å². The van der Waals surface area contributed by atoms with Crippen LogP contribution in [0.25, 0.3) is 22.0 Å². The molecule has 0 aliphatic heterocycles. The highest BCUT2D eigenvalue weighted by molar-refractivity contribution is 6.50. The largest absolute Gasteiger partial charge is 0.322 e. The molecule has 1 aromatic heterocycles. The molecule has 0 aliphatic carbocycles. The number of rotatable bonds is 4. The van der Waals surface area contributed by atoms with Crippen LogP contribution < -0.4 is 10.9 Å². The van der Waals surface area contributed by atoms with Crippen molar-refractivity contribution >= 4 is 68.4 Å². The lowest BCUT2D eigenvalue weighted by atomic mass is 10.1. The molecule has 0 saturated heterocycles. The summed E-state index contributed by atoms with van der Waals surface area (Å²) in [6, 6.07) is 18.5. The Labute approximate surface area is 192 Å². The van der Waals surface area contributed by atoms with Crippen LogP contribution in [-0.4, -0.2) is 15.9 Å². The number of aromatic amines is 1. The summed E-state index contributed by atoms with van der Waals surface area (Å²) in [5.74, 6) is -0.0432. The Balaban J connectivity index is 1.60. The Morgan fingerprint density at radius 3 is 2.48 bits per heavy atom. The Morgan fingerprint density at radius 1 is 0.968 bits per heavy atom. The van der Waals surface area contributed by atoms with Crippen LogP contribution in [0.5, 0.6) is 0 Å². The molecule has 5 nitrogen and oxygen atoms in total. The van der Waals surface area contributed by atoms with E-state index >= 15 is 0 Å². The first-order valence-corrected chi connectivity index (χ1v) is 10.3. The molecule has 1 heterocycles. The van der Waals surface area contributed by atoms with Gasteiger partial charge < -0.3 is 10.3 Å². The van der Waals surface area contributed by atoms with E-state index in [1.54, 1.807) is 66.7 Å². The van der Waals surface area contributed by atoms with Crippen LogP contribution in [0.3, 0.4) is 0 Å². The zero-order chi connectivity index (χ0) is 22.0. The van der Waals surface area contributed by atoms with Gasteiger partial charge in [0.1, 0.15) is 0 Å². The Hall–Kier alpha value is -3.12. The first kappa shape index (κ1) is 21.1. The number of nitrogens with one attached hydrogen (secondary N) is 2. The van der Waals surface area contributed by atoms with E-state index in [2.05, 4.69) is 15.3 Å². The maximum atomic E-state index is 12.4. The van der Waals surface area contributed by atoms with Crippen LogP contribution in [0.15, 0.2) is 71.5 Å². The molecule has 0 aliphatic rings. The van der Waals surface area contributed by atoms with E-state index in [0.29, 0.717) is 37.8 Å². The first-order valence-electron chi connectivity index (χ1n) is 9.13. The molecule has 1 amide bonds. The van der Waals surface area contributed by atoms with Crippen molar-refractivity contribution in [3.63, 3.8) is 0 Å². The van der Waals surface area contributed by atoms with Crippen molar-refractivity contribution < 1.29 is 4.79 Å². The zero-order valence-corrected chi connectivity index (χ0v) is 18.1. The van der Waals surface area contributed by atoms with Gasteiger partial charge in [0, 0.05) is 21.3 Å². The summed E-state index contributed by atoms with van der Waals surface area (Å²) in [5, 5.41) is 4.51. The van der Waals surface area contributed by atoms with Crippen LogP contribution in [0.2, 0.25) is 10.0 Å². The lowest BCUT2D eigenvalue weighted by molar-refractivity contribution is 0.102.